The summed E-state index contributed by atoms with van der Waals surface area (Å²) in [5, 5.41) is 0. The molecule has 0 spiro atoms. The Balaban J connectivity index is 2.84. The van der Waals surface area contributed by atoms with Gasteiger partial charge in [0.1, 0.15) is 5.69 Å². The summed E-state index contributed by atoms with van der Waals surface area (Å²) in [6.07, 6.45) is 1.69. The summed E-state index contributed by atoms with van der Waals surface area (Å²) >= 11 is 0. The lowest BCUT2D eigenvalue weighted by atomic mass is 10.3. The van der Waals surface area contributed by atoms with E-state index in [4.69, 9.17) is 0 Å². The number of hydrogen-bond donors (Lipinski definition) is 0. The van der Waals surface area contributed by atoms with Crippen molar-refractivity contribution in [1.82, 2.24) is 4.98 Å². The minimum atomic E-state index is -0.402. The number of anilines is 1. The van der Waals surface area contributed by atoms with Crippen LogP contribution in [0.4, 0.5) is 5.69 Å². The van der Waals surface area contributed by atoms with Crippen molar-refractivity contribution in [3.63, 3.8) is 0 Å². The normalized spacial score (nSPS) is 9.80. The highest BCUT2D eigenvalue weighted by Gasteiger charge is 2.07. The molecular formula is C11H16N2O2. The van der Waals surface area contributed by atoms with Crippen molar-refractivity contribution in [3.05, 3.63) is 24.0 Å². The first-order valence-electron chi connectivity index (χ1n) is 5.02. The van der Waals surface area contributed by atoms with Crippen LogP contribution >= 0.6 is 0 Å². The van der Waals surface area contributed by atoms with Crippen molar-refractivity contribution in [2.24, 2.45) is 0 Å². The van der Waals surface area contributed by atoms with Crippen molar-refractivity contribution < 1.29 is 9.53 Å². The fourth-order valence-electron chi connectivity index (χ4n) is 1.39. The third-order valence-corrected chi connectivity index (χ3v) is 2.27. The molecule has 0 N–H and O–H groups in total. The number of hydrogen-bond acceptors (Lipinski definition) is 4. The third kappa shape index (κ3) is 2.68. The molecule has 0 amide bonds. The van der Waals surface area contributed by atoms with Gasteiger partial charge in [0.2, 0.25) is 0 Å². The molecule has 0 fully saturated rings. The monoisotopic (exact) mass is 208 g/mol. The summed E-state index contributed by atoms with van der Waals surface area (Å²) in [7, 11) is 1.35. The second-order valence-electron chi connectivity index (χ2n) is 3.07. The molecule has 1 rings (SSSR count). The average Bonchev–Trinajstić information content (AvgIpc) is 2.30. The van der Waals surface area contributed by atoms with Gasteiger partial charge in [0.25, 0.3) is 0 Å². The zero-order chi connectivity index (χ0) is 11.3. The van der Waals surface area contributed by atoms with E-state index in [1.165, 1.54) is 7.11 Å². The van der Waals surface area contributed by atoms with Gasteiger partial charge in [0, 0.05) is 13.1 Å². The van der Waals surface area contributed by atoms with E-state index in [-0.39, 0.29) is 0 Å². The third-order valence-electron chi connectivity index (χ3n) is 2.27. The van der Waals surface area contributed by atoms with Crippen molar-refractivity contribution in [2.45, 2.75) is 13.8 Å². The van der Waals surface area contributed by atoms with Gasteiger partial charge in [-0.25, -0.2) is 9.78 Å². The van der Waals surface area contributed by atoms with Crippen molar-refractivity contribution in [2.75, 3.05) is 25.1 Å². The molecule has 15 heavy (non-hydrogen) atoms. The molecule has 0 aliphatic rings. The Morgan fingerprint density at radius 1 is 1.40 bits per heavy atom. The van der Waals surface area contributed by atoms with Gasteiger partial charge in [-0.2, -0.15) is 0 Å². The highest BCUT2D eigenvalue weighted by molar-refractivity contribution is 5.87. The van der Waals surface area contributed by atoms with Crippen LogP contribution in [0.5, 0.6) is 0 Å². The Morgan fingerprint density at radius 2 is 2.07 bits per heavy atom. The maximum absolute atomic E-state index is 11.1. The van der Waals surface area contributed by atoms with Crippen LogP contribution in [0.15, 0.2) is 18.3 Å². The first-order valence-corrected chi connectivity index (χ1v) is 5.02. The van der Waals surface area contributed by atoms with Gasteiger partial charge < -0.3 is 9.64 Å². The van der Waals surface area contributed by atoms with Crippen LogP contribution in [-0.2, 0) is 4.74 Å². The number of aromatic nitrogens is 1. The van der Waals surface area contributed by atoms with Crippen LogP contribution in [-0.4, -0.2) is 31.2 Å². The molecule has 0 saturated heterocycles. The molecule has 0 aliphatic carbocycles. The number of nitrogens with zero attached hydrogens (tertiary/aromatic N) is 2. The molecule has 4 heteroatoms. The summed E-state index contributed by atoms with van der Waals surface area (Å²) in [4.78, 5) is 17.3. The molecular weight excluding hydrogens is 192 g/mol. The summed E-state index contributed by atoms with van der Waals surface area (Å²) < 4.78 is 4.57. The average molecular weight is 208 g/mol. The molecule has 1 aromatic rings. The van der Waals surface area contributed by atoms with Gasteiger partial charge in [-0.05, 0) is 26.0 Å². The highest BCUT2D eigenvalue weighted by Crippen LogP contribution is 2.12. The van der Waals surface area contributed by atoms with E-state index < -0.39 is 5.97 Å². The van der Waals surface area contributed by atoms with Crippen molar-refractivity contribution >= 4 is 11.7 Å². The van der Waals surface area contributed by atoms with Gasteiger partial charge >= 0.3 is 5.97 Å². The highest BCUT2D eigenvalue weighted by atomic mass is 16.5. The van der Waals surface area contributed by atoms with Crippen LogP contribution in [0.3, 0.4) is 0 Å². The van der Waals surface area contributed by atoms with E-state index in [0.717, 1.165) is 18.8 Å². The van der Waals surface area contributed by atoms with Crippen LogP contribution in [0.25, 0.3) is 0 Å². The second kappa shape index (κ2) is 5.34. The SMILES string of the molecule is CCN(CC)c1ccc(C(=O)OC)nc1. The van der Waals surface area contributed by atoms with E-state index in [2.05, 4.69) is 28.5 Å². The predicted octanol–water partition coefficient (Wildman–Crippen LogP) is 1.71. The molecule has 0 atom stereocenters. The van der Waals surface area contributed by atoms with Gasteiger partial charge in [0.05, 0.1) is 19.0 Å². The molecule has 0 unspecified atom stereocenters. The predicted molar refractivity (Wildman–Crippen MR) is 59.1 cm³/mol. The molecule has 4 nitrogen and oxygen atoms in total. The summed E-state index contributed by atoms with van der Waals surface area (Å²) in [5.74, 6) is -0.402. The number of carbonyl (C=O) groups excluding carboxylic acids is 1. The molecule has 0 saturated carbocycles. The van der Waals surface area contributed by atoms with E-state index in [9.17, 15) is 4.79 Å². The molecule has 82 valence electrons. The van der Waals surface area contributed by atoms with Crippen molar-refractivity contribution in [1.29, 1.82) is 0 Å². The number of methoxy groups -OCH3 is 1. The fraction of sp³-hybridized carbons (Fsp3) is 0.455. The summed E-state index contributed by atoms with van der Waals surface area (Å²) in [5.41, 5.74) is 1.36. The van der Waals surface area contributed by atoms with Gasteiger partial charge in [-0.15, -0.1) is 0 Å². The maximum Gasteiger partial charge on any atom is 0.356 e. The van der Waals surface area contributed by atoms with Crippen molar-refractivity contribution in [3.8, 4) is 0 Å². The van der Waals surface area contributed by atoms with Crippen LogP contribution in [0, 0.1) is 0 Å². The first kappa shape index (κ1) is 11.5. The Bertz CT molecular complexity index is 318. The minimum absolute atomic E-state index is 0.341. The zero-order valence-electron chi connectivity index (χ0n) is 9.36. The van der Waals surface area contributed by atoms with E-state index >= 15 is 0 Å². The topological polar surface area (TPSA) is 42.4 Å². The molecule has 0 aromatic carbocycles. The first-order chi connectivity index (χ1) is 7.22. The van der Waals surface area contributed by atoms with E-state index in [0.29, 0.717) is 5.69 Å². The lowest BCUT2D eigenvalue weighted by Gasteiger charge is -2.20. The number of rotatable bonds is 4. The molecule has 1 heterocycles. The Labute approximate surface area is 89.9 Å². The van der Waals surface area contributed by atoms with Gasteiger partial charge in [-0.3, -0.25) is 0 Å². The smallest absolute Gasteiger partial charge is 0.356 e. The standard InChI is InChI=1S/C11H16N2O2/c1-4-13(5-2)9-6-7-10(12-8-9)11(14)15-3/h6-8H,4-5H2,1-3H3. The number of ether oxygens (including phenoxy) is 1. The second-order valence-corrected chi connectivity index (χ2v) is 3.07. The minimum Gasteiger partial charge on any atom is -0.464 e. The molecule has 0 bridgehead atoms. The number of carbonyl (C=O) groups is 1. The zero-order valence-corrected chi connectivity index (χ0v) is 9.36. The largest absolute Gasteiger partial charge is 0.464 e. The molecule has 0 aliphatic heterocycles. The maximum atomic E-state index is 11.1. The van der Waals surface area contributed by atoms with E-state index in [1.54, 1.807) is 12.3 Å². The quantitative estimate of drug-likeness (QED) is 0.706. The Morgan fingerprint density at radius 3 is 2.47 bits per heavy atom. The molecule has 0 radical (unpaired) electrons. The summed E-state index contributed by atoms with van der Waals surface area (Å²) in [6.45, 7) is 6.01. The summed E-state index contributed by atoms with van der Waals surface area (Å²) in [6, 6.07) is 3.56. The van der Waals surface area contributed by atoms with Crippen LogP contribution in [0.1, 0.15) is 24.3 Å². The number of pyridine rings is 1. The Hall–Kier alpha value is -1.58. The Kier molecular flexibility index (Phi) is 4.09. The van der Waals surface area contributed by atoms with Crippen LogP contribution in [0.2, 0.25) is 0 Å². The number of esters is 1. The lowest BCUT2D eigenvalue weighted by molar-refractivity contribution is 0.0594. The molecule has 1 aromatic heterocycles. The van der Waals surface area contributed by atoms with Gasteiger partial charge in [0.15, 0.2) is 0 Å². The fourth-order valence-corrected chi connectivity index (χ4v) is 1.39. The van der Waals surface area contributed by atoms with Crippen LogP contribution < -0.4 is 4.90 Å². The van der Waals surface area contributed by atoms with Gasteiger partial charge in [-0.1, -0.05) is 0 Å². The van der Waals surface area contributed by atoms with E-state index in [1.807, 2.05) is 6.07 Å². The lowest BCUT2D eigenvalue weighted by Crippen LogP contribution is -2.22.